The molecule has 3 rings (SSSR count). The molecular weight excluding hydrogens is 453 g/mol. The van der Waals surface area contributed by atoms with Crippen LogP contribution >= 0.6 is 24.0 Å². The molecule has 1 atom stereocenters. The van der Waals surface area contributed by atoms with Gasteiger partial charge in [-0.05, 0) is 43.0 Å². The Kier molecular flexibility index (Phi) is 8.71. The molecule has 1 aliphatic heterocycles. The number of hydrogen-bond acceptors (Lipinski definition) is 3. The molecule has 0 radical (unpaired) electrons. The van der Waals surface area contributed by atoms with Crippen LogP contribution in [0.15, 0.2) is 53.5 Å². The van der Waals surface area contributed by atoms with Crippen molar-refractivity contribution in [3.05, 3.63) is 59.7 Å². The van der Waals surface area contributed by atoms with Crippen molar-refractivity contribution in [1.82, 2.24) is 5.32 Å². The molecule has 2 aromatic rings. The van der Waals surface area contributed by atoms with Crippen molar-refractivity contribution in [1.29, 1.82) is 0 Å². The highest BCUT2D eigenvalue weighted by Gasteiger charge is 2.21. The largest absolute Gasteiger partial charge is 0.497 e. The normalized spacial score (nSPS) is 15.9. The maximum atomic E-state index is 6.07. The van der Waals surface area contributed by atoms with Gasteiger partial charge >= 0.3 is 0 Å². The fraction of sp³-hybridized carbons (Fsp3) is 0.381. The van der Waals surface area contributed by atoms with Crippen molar-refractivity contribution < 1.29 is 9.47 Å². The minimum absolute atomic E-state index is 0. The molecule has 2 aromatic carbocycles. The Morgan fingerprint density at radius 1 is 1.19 bits per heavy atom. The highest BCUT2D eigenvalue weighted by Crippen LogP contribution is 2.31. The first-order chi connectivity index (χ1) is 12.8. The van der Waals surface area contributed by atoms with Gasteiger partial charge in [-0.3, -0.25) is 4.99 Å². The second-order valence-corrected chi connectivity index (χ2v) is 6.44. The van der Waals surface area contributed by atoms with Crippen LogP contribution in [0.25, 0.3) is 0 Å². The quantitative estimate of drug-likeness (QED) is 0.271. The average Bonchev–Trinajstić information content (AvgIpc) is 2.68. The van der Waals surface area contributed by atoms with Gasteiger partial charge < -0.3 is 20.5 Å². The predicted molar refractivity (Wildman–Crippen MR) is 120 cm³/mol. The standard InChI is InChI=1S/C21H27N3O2.HI/c1-25-17-11-9-16(10-12-17)6-4-5-14-23-21(22)24-19-13-15-26-20-8-3-2-7-18(19)20;/h2-3,7-12,19H,4-6,13-15H2,1H3,(H3,22,23,24);1H. The third kappa shape index (κ3) is 6.30. The Balaban J connectivity index is 0.00000261. The van der Waals surface area contributed by atoms with Crippen LogP contribution in [0.4, 0.5) is 0 Å². The summed E-state index contributed by atoms with van der Waals surface area (Å²) in [6.45, 7) is 1.43. The summed E-state index contributed by atoms with van der Waals surface area (Å²) in [6, 6.07) is 16.5. The highest BCUT2D eigenvalue weighted by atomic mass is 127. The summed E-state index contributed by atoms with van der Waals surface area (Å²) in [7, 11) is 1.68. The number of benzene rings is 2. The zero-order valence-corrected chi connectivity index (χ0v) is 18.0. The molecule has 3 N–H and O–H groups in total. The van der Waals surface area contributed by atoms with Crippen molar-refractivity contribution in [2.24, 2.45) is 10.7 Å². The number of methoxy groups -OCH3 is 1. The van der Waals surface area contributed by atoms with E-state index < -0.39 is 0 Å². The van der Waals surface area contributed by atoms with Gasteiger partial charge in [-0.1, -0.05) is 30.3 Å². The first-order valence-electron chi connectivity index (χ1n) is 9.17. The summed E-state index contributed by atoms with van der Waals surface area (Å²) in [5.41, 5.74) is 8.54. The molecule has 0 saturated carbocycles. The molecule has 1 heterocycles. The van der Waals surface area contributed by atoms with Crippen LogP contribution < -0.4 is 20.5 Å². The number of nitrogens with zero attached hydrogens (tertiary/aromatic N) is 1. The second-order valence-electron chi connectivity index (χ2n) is 6.44. The maximum absolute atomic E-state index is 6.07. The Bertz CT molecular complexity index is 734. The van der Waals surface area contributed by atoms with E-state index in [2.05, 4.69) is 28.5 Å². The van der Waals surface area contributed by atoms with E-state index in [-0.39, 0.29) is 30.0 Å². The van der Waals surface area contributed by atoms with E-state index in [0.717, 1.165) is 49.3 Å². The van der Waals surface area contributed by atoms with E-state index >= 15 is 0 Å². The molecule has 146 valence electrons. The Morgan fingerprint density at radius 3 is 2.74 bits per heavy atom. The van der Waals surface area contributed by atoms with Crippen molar-refractivity contribution >= 4 is 29.9 Å². The monoisotopic (exact) mass is 481 g/mol. The summed E-state index contributed by atoms with van der Waals surface area (Å²) < 4.78 is 10.9. The highest BCUT2D eigenvalue weighted by molar-refractivity contribution is 14.0. The summed E-state index contributed by atoms with van der Waals surface area (Å²) in [5.74, 6) is 2.34. The summed E-state index contributed by atoms with van der Waals surface area (Å²) in [5, 5.41) is 3.33. The minimum Gasteiger partial charge on any atom is -0.497 e. The number of aryl methyl sites for hydroxylation is 1. The number of halogens is 1. The van der Waals surface area contributed by atoms with Crippen LogP contribution in [0, 0.1) is 0 Å². The number of aliphatic imine (C=N–C) groups is 1. The van der Waals surface area contributed by atoms with Crippen LogP contribution in [0.2, 0.25) is 0 Å². The van der Waals surface area contributed by atoms with E-state index in [1.54, 1.807) is 7.11 Å². The predicted octanol–water partition coefficient (Wildman–Crippen LogP) is 4.06. The number of rotatable bonds is 7. The lowest BCUT2D eigenvalue weighted by atomic mass is 10.0. The number of fused-ring (bicyclic) bond motifs is 1. The van der Waals surface area contributed by atoms with E-state index in [4.69, 9.17) is 15.2 Å². The fourth-order valence-electron chi connectivity index (χ4n) is 3.15. The van der Waals surface area contributed by atoms with Gasteiger partial charge in [0.25, 0.3) is 0 Å². The molecule has 6 heteroatoms. The first kappa shape index (κ1) is 21.3. The molecule has 0 spiro atoms. The van der Waals surface area contributed by atoms with Gasteiger partial charge in [0.05, 0.1) is 19.8 Å². The van der Waals surface area contributed by atoms with E-state index in [1.807, 2.05) is 30.3 Å². The average molecular weight is 481 g/mol. The molecule has 0 amide bonds. The van der Waals surface area contributed by atoms with E-state index in [1.165, 1.54) is 5.56 Å². The van der Waals surface area contributed by atoms with E-state index in [0.29, 0.717) is 12.6 Å². The third-order valence-electron chi connectivity index (χ3n) is 4.60. The zero-order valence-electron chi connectivity index (χ0n) is 15.7. The third-order valence-corrected chi connectivity index (χ3v) is 4.60. The van der Waals surface area contributed by atoms with Gasteiger partial charge in [0, 0.05) is 18.5 Å². The van der Waals surface area contributed by atoms with Crippen LogP contribution in [-0.4, -0.2) is 26.2 Å². The molecular formula is C21H28IN3O2. The molecule has 1 aliphatic rings. The Morgan fingerprint density at radius 2 is 1.96 bits per heavy atom. The number of unbranched alkanes of at least 4 members (excludes halogenated alkanes) is 1. The van der Waals surface area contributed by atoms with Gasteiger partial charge in [-0.15, -0.1) is 24.0 Å². The number of nitrogens with two attached hydrogens (primary N) is 1. The Hall–Kier alpha value is -1.96. The van der Waals surface area contributed by atoms with Crippen molar-refractivity contribution in [2.45, 2.75) is 31.7 Å². The van der Waals surface area contributed by atoms with Crippen LogP contribution in [0.1, 0.15) is 36.4 Å². The van der Waals surface area contributed by atoms with Gasteiger partial charge in [-0.2, -0.15) is 0 Å². The number of nitrogens with one attached hydrogen (secondary N) is 1. The first-order valence-corrected chi connectivity index (χ1v) is 9.17. The molecule has 1 unspecified atom stereocenters. The van der Waals surface area contributed by atoms with Crippen LogP contribution in [-0.2, 0) is 6.42 Å². The lowest BCUT2D eigenvalue weighted by molar-refractivity contribution is 0.262. The smallest absolute Gasteiger partial charge is 0.189 e. The Labute approximate surface area is 178 Å². The van der Waals surface area contributed by atoms with Crippen LogP contribution in [0.3, 0.4) is 0 Å². The van der Waals surface area contributed by atoms with E-state index in [9.17, 15) is 0 Å². The lowest BCUT2D eigenvalue weighted by Crippen LogP contribution is -2.37. The SMILES string of the molecule is COc1ccc(CCCCN=C(N)NC2CCOc3ccccc32)cc1.I. The maximum Gasteiger partial charge on any atom is 0.189 e. The molecule has 0 saturated heterocycles. The van der Waals surface area contributed by atoms with Gasteiger partial charge in [0.1, 0.15) is 11.5 Å². The minimum atomic E-state index is 0. The van der Waals surface area contributed by atoms with Crippen LogP contribution in [0.5, 0.6) is 11.5 Å². The molecule has 0 bridgehead atoms. The molecule has 0 fully saturated rings. The topological polar surface area (TPSA) is 68.9 Å². The summed E-state index contributed by atoms with van der Waals surface area (Å²) in [6.07, 6.45) is 4.03. The number of para-hydroxylation sites is 1. The summed E-state index contributed by atoms with van der Waals surface area (Å²) in [4.78, 5) is 4.47. The molecule has 27 heavy (non-hydrogen) atoms. The van der Waals surface area contributed by atoms with Crippen molar-refractivity contribution in [2.75, 3.05) is 20.3 Å². The van der Waals surface area contributed by atoms with Crippen molar-refractivity contribution in [3.8, 4) is 11.5 Å². The second kappa shape index (κ2) is 11.0. The number of guanidine groups is 1. The molecule has 5 nitrogen and oxygen atoms in total. The van der Waals surface area contributed by atoms with Crippen molar-refractivity contribution in [3.63, 3.8) is 0 Å². The van der Waals surface area contributed by atoms with Gasteiger partial charge in [0.2, 0.25) is 0 Å². The molecule has 0 aromatic heterocycles. The number of hydrogen-bond donors (Lipinski definition) is 2. The van der Waals surface area contributed by atoms with Gasteiger partial charge in [-0.25, -0.2) is 0 Å². The fourth-order valence-corrected chi connectivity index (χ4v) is 3.15. The molecule has 0 aliphatic carbocycles. The lowest BCUT2D eigenvalue weighted by Gasteiger charge is -2.26. The van der Waals surface area contributed by atoms with Gasteiger partial charge in [0.15, 0.2) is 5.96 Å². The zero-order chi connectivity index (χ0) is 18.2. The summed E-state index contributed by atoms with van der Waals surface area (Å²) >= 11 is 0. The number of ether oxygens (including phenoxy) is 2.